The van der Waals surface area contributed by atoms with Gasteiger partial charge in [0.1, 0.15) is 0 Å². The second-order valence-corrected chi connectivity index (χ2v) is 12.6. The second kappa shape index (κ2) is 12.6. The molecule has 0 bridgehead atoms. The maximum atomic E-state index is 12.7. The van der Waals surface area contributed by atoms with Gasteiger partial charge in [-0.05, 0) is 51.1 Å². The summed E-state index contributed by atoms with van der Waals surface area (Å²) in [4.78, 5) is 29.0. The van der Waals surface area contributed by atoms with Gasteiger partial charge in [-0.25, -0.2) is 28.1 Å². The van der Waals surface area contributed by atoms with Crippen LogP contribution in [0.3, 0.4) is 0 Å². The molecule has 0 aliphatic carbocycles. The van der Waals surface area contributed by atoms with Crippen LogP contribution in [0.1, 0.15) is 23.2 Å². The maximum Gasteiger partial charge on any atom is 0.264 e. The molecule has 1 amide bonds. The number of rotatable bonds is 10. The summed E-state index contributed by atoms with van der Waals surface area (Å²) >= 11 is 1.47. The molecule has 5 rings (SSSR count). The summed E-state index contributed by atoms with van der Waals surface area (Å²) in [6.45, 7) is 5.85. The van der Waals surface area contributed by atoms with E-state index in [1.807, 2.05) is 0 Å². The van der Waals surface area contributed by atoms with E-state index in [2.05, 4.69) is 87.4 Å². The van der Waals surface area contributed by atoms with Gasteiger partial charge in [0, 0.05) is 40.9 Å². The monoisotopic (exact) mass is 598 g/mol. The van der Waals surface area contributed by atoms with Gasteiger partial charge in [0.05, 0.1) is 16.3 Å². The van der Waals surface area contributed by atoms with Crippen LogP contribution in [0, 0.1) is 20.8 Å². The van der Waals surface area contributed by atoms with E-state index in [0.29, 0.717) is 17.1 Å². The third-order valence-corrected chi connectivity index (χ3v) is 8.60. The van der Waals surface area contributed by atoms with Crippen molar-refractivity contribution in [3.8, 4) is 22.5 Å². The molecule has 0 atom stereocenters. The SMILES string of the molecule is Cc1ccc(-c2nc(SCCC(=O)Nc3ccc(S(=O)(=O)Nc4nccc(C)n4)cc3)[nH]c2-c2ccc(C)cc2)cc1. The maximum absolute atomic E-state index is 12.7. The molecule has 5 aromatic rings. The number of aromatic nitrogens is 4. The fraction of sp³-hybridized carbons (Fsp3) is 0.161. The number of amides is 1. The van der Waals surface area contributed by atoms with Gasteiger partial charge in [0.2, 0.25) is 11.9 Å². The normalized spacial score (nSPS) is 11.3. The standard InChI is InChI=1S/C31H30N6O3S2/c1-20-4-8-23(9-5-20)28-29(24-10-6-21(2)7-11-24)36-31(35-28)41-19-17-27(38)34-25-12-14-26(15-13-25)42(39,40)37-30-32-18-16-22(3)33-30/h4-16,18H,17,19H2,1-3H3,(H,34,38)(H,35,36)(H,32,33,37). The molecule has 2 aromatic heterocycles. The van der Waals surface area contributed by atoms with E-state index >= 15 is 0 Å². The van der Waals surface area contributed by atoms with Gasteiger partial charge in [-0.15, -0.1) is 0 Å². The highest BCUT2D eigenvalue weighted by molar-refractivity contribution is 7.99. The summed E-state index contributed by atoms with van der Waals surface area (Å²) in [6, 6.07) is 24.2. The molecule has 0 spiro atoms. The molecule has 214 valence electrons. The number of benzene rings is 3. The van der Waals surface area contributed by atoms with Crippen molar-refractivity contribution < 1.29 is 13.2 Å². The van der Waals surface area contributed by atoms with Crippen LogP contribution in [-0.4, -0.2) is 40.0 Å². The smallest absolute Gasteiger partial charge is 0.264 e. The minimum atomic E-state index is -3.87. The Kier molecular flexibility index (Phi) is 8.69. The number of nitrogens with zero attached hydrogens (tertiary/aromatic N) is 3. The van der Waals surface area contributed by atoms with E-state index in [0.717, 1.165) is 27.7 Å². The van der Waals surface area contributed by atoms with Gasteiger partial charge in [-0.1, -0.05) is 71.4 Å². The number of hydrogen-bond acceptors (Lipinski definition) is 7. The highest BCUT2D eigenvalue weighted by Gasteiger charge is 2.17. The molecule has 0 fully saturated rings. The molecule has 0 aliphatic heterocycles. The second-order valence-electron chi connectivity index (χ2n) is 9.80. The van der Waals surface area contributed by atoms with E-state index in [1.54, 1.807) is 25.1 Å². The number of nitrogens with one attached hydrogen (secondary N) is 3. The highest BCUT2D eigenvalue weighted by Crippen LogP contribution is 2.33. The number of sulfonamides is 1. The third kappa shape index (κ3) is 7.23. The Hall–Kier alpha value is -4.48. The topological polar surface area (TPSA) is 130 Å². The van der Waals surface area contributed by atoms with Crippen LogP contribution in [0.15, 0.2) is 95.1 Å². The van der Waals surface area contributed by atoms with Crippen LogP contribution in [0.25, 0.3) is 22.5 Å². The van der Waals surface area contributed by atoms with Crippen LogP contribution in [0.4, 0.5) is 11.6 Å². The van der Waals surface area contributed by atoms with Gasteiger partial charge in [-0.3, -0.25) is 4.79 Å². The van der Waals surface area contributed by atoms with Crippen molar-refractivity contribution in [3.63, 3.8) is 0 Å². The number of H-pyrrole nitrogens is 1. The van der Waals surface area contributed by atoms with Crippen molar-refractivity contribution in [1.82, 2.24) is 19.9 Å². The molecule has 2 heterocycles. The minimum absolute atomic E-state index is 0.00147. The summed E-state index contributed by atoms with van der Waals surface area (Å²) < 4.78 is 27.7. The van der Waals surface area contributed by atoms with Gasteiger partial charge in [-0.2, -0.15) is 0 Å². The summed E-state index contributed by atoms with van der Waals surface area (Å²) in [6.07, 6.45) is 1.73. The zero-order valence-corrected chi connectivity index (χ0v) is 25.0. The molecule has 9 nitrogen and oxygen atoms in total. The van der Waals surface area contributed by atoms with E-state index in [4.69, 9.17) is 4.98 Å². The Morgan fingerprint density at radius 1 is 0.833 bits per heavy atom. The number of aromatic amines is 1. The van der Waals surface area contributed by atoms with Crippen LogP contribution in [0.2, 0.25) is 0 Å². The number of thioether (sulfide) groups is 1. The van der Waals surface area contributed by atoms with Crippen molar-refractivity contribution >= 4 is 39.3 Å². The fourth-order valence-electron chi connectivity index (χ4n) is 4.13. The lowest BCUT2D eigenvalue weighted by atomic mass is 10.0. The Balaban J connectivity index is 1.20. The first-order chi connectivity index (χ1) is 20.2. The quantitative estimate of drug-likeness (QED) is 0.159. The zero-order valence-electron chi connectivity index (χ0n) is 23.4. The number of carbonyl (C=O) groups excluding carboxylic acids is 1. The Bertz CT molecular complexity index is 1740. The van der Waals surface area contributed by atoms with E-state index in [1.165, 1.54) is 41.2 Å². The summed E-state index contributed by atoms with van der Waals surface area (Å²) in [5.74, 6) is 0.319. The van der Waals surface area contributed by atoms with Gasteiger partial charge in [0.15, 0.2) is 5.16 Å². The number of hydrogen-bond donors (Lipinski definition) is 3. The Morgan fingerprint density at radius 2 is 1.48 bits per heavy atom. The van der Waals surface area contributed by atoms with Crippen molar-refractivity contribution in [2.45, 2.75) is 37.2 Å². The molecule has 0 unspecified atom stereocenters. The molecule has 0 aliphatic rings. The lowest BCUT2D eigenvalue weighted by Gasteiger charge is -2.09. The van der Waals surface area contributed by atoms with Gasteiger partial charge >= 0.3 is 0 Å². The first-order valence-electron chi connectivity index (χ1n) is 13.3. The van der Waals surface area contributed by atoms with Crippen LogP contribution < -0.4 is 10.0 Å². The molecule has 0 radical (unpaired) electrons. The summed E-state index contributed by atoms with van der Waals surface area (Å²) in [5, 5.41) is 3.55. The van der Waals surface area contributed by atoms with E-state index in [9.17, 15) is 13.2 Å². The number of aryl methyl sites for hydroxylation is 3. The molecule has 42 heavy (non-hydrogen) atoms. The fourth-order valence-corrected chi connectivity index (χ4v) is 5.89. The van der Waals surface area contributed by atoms with Crippen LogP contribution in [-0.2, 0) is 14.8 Å². The molecule has 3 N–H and O–H groups in total. The van der Waals surface area contributed by atoms with Gasteiger partial charge < -0.3 is 10.3 Å². The minimum Gasteiger partial charge on any atom is -0.332 e. The van der Waals surface area contributed by atoms with Gasteiger partial charge in [0.25, 0.3) is 10.0 Å². The Morgan fingerprint density at radius 3 is 2.12 bits per heavy atom. The lowest BCUT2D eigenvalue weighted by Crippen LogP contribution is -2.16. The molecular formula is C31H30N6O3S2. The number of imidazole rings is 1. The van der Waals surface area contributed by atoms with Crippen molar-refractivity contribution in [1.29, 1.82) is 0 Å². The van der Waals surface area contributed by atoms with Crippen LogP contribution >= 0.6 is 11.8 Å². The molecule has 0 saturated carbocycles. The van der Waals surface area contributed by atoms with Crippen molar-refractivity contribution in [3.05, 3.63) is 102 Å². The number of anilines is 2. The molecular weight excluding hydrogens is 569 g/mol. The molecule has 11 heteroatoms. The van der Waals surface area contributed by atoms with E-state index in [-0.39, 0.29) is 23.2 Å². The summed E-state index contributed by atoms with van der Waals surface area (Å²) in [5.41, 5.74) is 7.36. The Labute approximate surface area is 249 Å². The predicted molar refractivity (Wildman–Crippen MR) is 167 cm³/mol. The average molecular weight is 599 g/mol. The summed E-state index contributed by atoms with van der Waals surface area (Å²) in [7, 11) is -3.87. The zero-order chi connectivity index (χ0) is 29.7. The average Bonchev–Trinajstić information content (AvgIpc) is 3.38. The number of carbonyl (C=O) groups is 1. The molecule has 0 saturated heterocycles. The van der Waals surface area contributed by atoms with Crippen molar-refractivity contribution in [2.75, 3.05) is 15.8 Å². The lowest BCUT2D eigenvalue weighted by molar-refractivity contribution is -0.115. The largest absolute Gasteiger partial charge is 0.332 e. The van der Waals surface area contributed by atoms with E-state index < -0.39 is 10.0 Å². The molecule has 3 aromatic carbocycles. The van der Waals surface area contributed by atoms with Crippen molar-refractivity contribution in [2.24, 2.45) is 0 Å². The van der Waals surface area contributed by atoms with Crippen LogP contribution in [0.5, 0.6) is 0 Å². The predicted octanol–water partition coefficient (Wildman–Crippen LogP) is 6.38. The first-order valence-corrected chi connectivity index (χ1v) is 15.7. The first kappa shape index (κ1) is 29.0. The highest BCUT2D eigenvalue weighted by atomic mass is 32.2. The third-order valence-electron chi connectivity index (χ3n) is 6.38.